The first kappa shape index (κ1) is 19.0. The van der Waals surface area contributed by atoms with Gasteiger partial charge in [-0.05, 0) is 46.5 Å². The molecule has 0 atom stereocenters. The lowest BCUT2D eigenvalue weighted by molar-refractivity contribution is 0.966. The Kier molecular flexibility index (Phi) is 5.82. The third-order valence-corrected chi connectivity index (χ3v) is 5.03. The molecule has 0 aromatic heterocycles. The Balaban J connectivity index is 2.04. The highest BCUT2D eigenvalue weighted by Gasteiger charge is 2.17. The van der Waals surface area contributed by atoms with Crippen LogP contribution in [0.25, 0.3) is 0 Å². The molecule has 27 heavy (non-hydrogen) atoms. The van der Waals surface area contributed by atoms with E-state index in [2.05, 4.69) is 111 Å². The number of nitrogens with two attached hydrogens (primary N) is 1. The standard InChI is InChI=1S/C24H29N3/c1-26(2)22-13-9-20(10-14-22)24(19-7-5-18(17-25)6-8-19)21-11-15-23(16-12-21)27(3)4/h5-16,24H,17,25H2,1-4H3. The molecule has 3 aromatic carbocycles. The second-order valence-corrected chi connectivity index (χ2v) is 7.35. The quantitative estimate of drug-likeness (QED) is 0.660. The second kappa shape index (κ2) is 8.28. The summed E-state index contributed by atoms with van der Waals surface area (Å²) in [6.45, 7) is 0.569. The summed E-state index contributed by atoms with van der Waals surface area (Å²) in [5.41, 5.74) is 13.2. The van der Waals surface area contributed by atoms with Crippen molar-refractivity contribution in [3.05, 3.63) is 95.1 Å². The highest BCUT2D eigenvalue weighted by atomic mass is 15.1. The Labute approximate surface area is 163 Å². The van der Waals surface area contributed by atoms with Crippen LogP contribution in [0.3, 0.4) is 0 Å². The highest BCUT2D eigenvalue weighted by Crippen LogP contribution is 2.33. The van der Waals surface area contributed by atoms with E-state index in [-0.39, 0.29) is 5.92 Å². The van der Waals surface area contributed by atoms with Gasteiger partial charge in [0.1, 0.15) is 0 Å². The minimum absolute atomic E-state index is 0.198. The lowest BCUT2D eigenvalue weighted by Crippen LogP contribution is -2.10. The number of nitrogens with zero attached hydrogens (tertiary/aromatic N) is 2. The van der Waals surface area contributed by atoms with Gasteiger partial charge in [-0.3, -0.25) is 0 Å². The maximum Gasteiger partial charge on any atom is 0.0361 e. The highest BCUT2D eigenvalue weighted by molar-refractivity contribution is 5.53. The molecular weight excluding hydrogens is 330 g/mol. The van der Waals surface area contributed by atoms with E-state index in [9.17, 15) is 0 Å². The summed E-state index contributed by atoms with van der Waals surface area (Å²) in [5, 5.41) is 0. The molecule has 0 unspecified atom stereocenters. The molecule has 0 fully saturated rings. The zero-order valence-corrected chi connectivity index (χ0v) is 16.7. The first-order chi connectivity index (χ1) is 13.0. The van der Waals surface area contributed by atoms with Gasteiger partial charge in [-0.1, -0.05) is 48.5 Å². The average molecular weight is 360 g/mol. The molecule has 3 heteroatoms. The van der Waals surface area contributed by atoms with Crippen LogP contribution in [0.15, 0.2) is 72.8 Å². The monoisotopic (exact) mass is 359 g/mol. The molecule has 140 valence electrons. The zero-order valence-electron chi connectivity index (χ0n) is 16.7. The topological polar surface area (TPSA) is 32.5 Å². The average Bonchev–Trinajstić information content (AvgIpc) is 2.69. The summed E-state index contributed by atoms with van der Waals surface area (Å²) in [7, 11) is 8.27. The Hall–Kier alpha value is -2.78. The van der Waals surface area contributed by atoms with Crippen molar-refractivity contribution in [2.75, 3.05) is 38.0 Å². The summed E-state index contributed by atoms with van der Waals surface area (Å²) in [5.74, 6) is 0.198. The van der Waals surface area contributed by atoms with E-state index < -0.39 is 0 Å². The molecule has 3 aromatic rings. The molecule has 0 heterocycles. The second-order valence-electron chi connectivity index (χ2n) is 7.35. The maximum atomic E-state index is 5.78. The smallest absolute Gasteiger partial charge is 0.0361 e. The molecule has 0 amide bonds. The van der Waals surface area contributed by atoms with E-state index in [1.807, 2.05) is 0 Å². The molecule has 0 aliphatic rings. The first-order valence-corrected chi connectivity index (χ1v) is 9.33. The fraction of sp³-hybridized carbons (Fsp3) is 0.250. The number of benzene rings is 3. The first-order valence-electron chi connectivity index (χ1n) is 9.33. The molecule has 0 aliphatic carbocycles. The number of hydrogen-bond acceptors (Lipinski definition) is 3. The van der Waals surface area contributed by atoms with Gasteiger partial charge < -0.3 is 15.5 Å². The lowest BCUT2D eigenvalue weighted by Gasteiger charge is -2.22. The third-order valence-electron chi connectivity index (χ3n) is 5.03. The van der Waals surface area contributed by atoms with E-state index in [1.165, 1.54) is 28.1 Å². The van der Waals surface area contributed by atoms with Crippen LogP contribution in [0.2, 0.25) is 0 Å². The van der Waals surface area contributed by atoms with Crippen molar-refractivity contribution in [1.29, 1.82) is 0 Å². The maximum absolute atomic E-state index is 5.78. The van der Waals surface area contributed by atoms with Crippen LogP contribution in [0.1, 0.15) is 28.2 Å². The van der Waals surface area contributed by atoms with Crippen molar-refractivity contribution in [1.82, 2.24) is 0 Å². The largest absolute Gasteiger partial charge is 0.378 e. The SMILES string of the molecule is CN(C)c1ccc(C(c2ccc(CN)cc2)c2ccc(N(C)C)cc2)cc1. The fourth-order valence-corrected chi connectivity index (χ4v) is 3.35. The van der Waals surface area contributed by atoms with Crippen molar-refractivity contribution in [2.45, 2.75) is 12.5 Å². The van der Waals surface area contributed by atoms with Crippen molar-refractivity contribution in [2.24, 2.45) is 5.73 Å². The van der Waals surface area contributed by atoms with Crippen LogP contribution in [0.4, 0.5) is 11.4 Å². The summed E-state index contributed by atoms with van der Waals surface area (Å²) in [6, 6.07) is 26.3. The summed E-state index contributed by atoms with van der Waals surface area (Å²) < 4.78 is 0. The molecule has 0 saturated carbocycles. The van der Waals surface area contributed by atoms with Crippen molar-refractivity contribution in [3.8, 4) is 0 Å². The van der Waals surface area contributed by atoms with Gasteiger partial charge in [-0.25, -0.2) is 0 Å². The van der Waals surface area contributed by atoms with Gasteiger partial charge in [0, 0.05) is 52.0 Å². The van der Waals surface area contributed by atoms with Crippen molar-refractivity contribution >= 4 is 11.4 Å². The molecule has 0 bridgehead atoms. The van der Waals surface area contributed by atoms with Gasteiger partial charge in [0.05, 0.1) is 0 Å². The lowest BCUT2D eigenvalue weighted by atomic mass is 9.84. The zero-order chi connectivity index (χ0) is 19.4. The molecule has 0 radical (unpaired) electrons. The number of hydrogen-bond donors (Lipinski definition) is 1. The van der Waals surface area contributed by atoms with Gasteiger partial charge >= 0.3 is 0 Å². The normalized spacial score (nSPS) is 10.9. The van der Waals surface area contributed by atoms with Crippen LogP contribution in [-0.4, -0.2) is 28.2 Å². The Bertz CT molecular complexity index is 796. The fourth-order valence-electron chi connectivity index (χ4n) is 3.35. The van der Waals surface area contributed by atoms with Gasteiger partial charge in [0.25, 0.3) is 0 Å². The molecule has 3 nitrogen and oxygen atoms in total. The van der Waals surface area contributed by atoms with Crippen LogP contribution in [0, 0.1) is 0 Å². The number of anilines is 2. The van der Waals surface area contributed by atoms with Crippen LogP contribution in [0.5, 0.6) is 0 Å². The van der Waals surface area contributed by atoms with Crippen LogP contribution < -0.4 is 15.5 Å². The number of rotatable bonds is 6. The van der Waals surface area contributed by atoms with E-state index in [1.54, 1.807) is 0 Å². The van der Waals surface area contributed by atoms with E-state index in [0.717, 1.165) is 5.56 Å². The molecular formula is C24H29N3. The van der Waals surface area contributed by atoms with Gasteiger partial charge in [0.15, 0.2) is 0 Å². The molecule has 0 saturated heterocycles. The van der Waals surface area contributed by atoms with Crippen molar-refractivity contribution in [3.63, 3.8) is 0 Å². The van der Waals surface area contributed by atoms with Crippen LogP contribution >= 0.6 is 0 Å². The molecule has 2 N–H and O–H groups in total. The van der Waals surface area contributed by atoms with Crippen molar-refractivity contribution < 1.29 is 0 Å². The van der Waals surface area contributed by atoms with Gasteiger partial charge in [-0.15, -0.1) is 0 Å². The third kappa shape index (κ3) is 4.32. The minimum atomic E-state index is 0.198. The molecule has 3 rings (SSSR count). The summed E-state index contributed by atoms with van der Waals surface area (Å²) >= 11 is 0. The Morgan fingerprint density at radius 3 is 1.22 bits per heavy atom. The van der Waals surface area contributed by atoms with Gasteiger partial charge in [-0.2, -0.15) is 0 Å². The minimum Gasteiger partial charge on any atom is -0.378 e. The summed E-state index contributed by atoms with van der Waals surface area (Å²) in [6.07, 6.45) is 0. The molecule has 0 spiro atoms. The van der Waals surface area contributed by atoms with Crippen LogP contribution in [-0.2, 0) is 6.54 Å². The Morgan fingerprint density at radius 2 is 0.926 bits per heavy atom. The van der Waals surface area contributed by atoms with Gasteiger partial charge in [0.2, 0.25) is 0 Å². The van der Waals surface area contributed by atoms with E-state index in [4.69, 9.17) is 5.73 Å². The summed E-state index contributed by atoms with van der Waals surface area (Å²) in [4.78, 5) is 4.25. The van der Waals surface area contributed by atoms with E-state index in [0.29, 0.717) is 6.54 Å². The Morgan fingerprint density at radius 1 is 0.593 bits per heavy atom. The predicted octanol–water partition coefficient (Wildman–Crippen LogP) is 4.46. The predicted molar refractivity (Wildman–Crippen MR) is 117 cm³/mol. The van der Waals surface area contributed by atoms with E-state index >= 15 is 0 Å². The molecule has 0 aliphatic heterocycles.